The van der Waals surface area contributed by atoms with Crippen molar-refractivity contribution in [1.82, 2.24) is 0 Å². The van der Waals surface area contributed by atoms with E-state index >= 15 is 0 Å². The summed E-state index contributed by atoms with van der Waals surface area (Å²) in [5.41, 5.74) is 2.05. The topological polar surface area (TPSA) is 39.7 Å². The Kier molecular flexibility index (Phi) is 6.42. The van der Waals surface area contributed by atoms with Gasteiger partial charge < -0.3 is 19.5 Å². The summed E-state index contributed by atoms with van der Waals surface area (Å²) in [6, 6.07) is 13.6. The summed E-state index contributed by atoms with van der Waals surface area (Å²) >= 11 is 5.95. The zero-order valence-electron chi connectivity index (χ0n) is 14.5. The molecule has 5 heteroatoms. The number of hydrogen-bond donors (Lipinski definition) is 1. The minimum absolute atomic E-state index is 0.229. The zero-order chi connectivity index (χ0) is 17.5. The largest absolute Gasteiger partial charge is 0.491 e. The molecule has 0 saturated carbocycles. The SMILES string of the molecule is Cc1cc(Cl)ccc1OCCNc1cccc(OCC2CCCO2)c1. The number of benzene rings is 2. The quantitative estimate of drug-likeness (QED) is 0.692. The van der Waals surface area contributed by atoms with E-state index in [-0.39, 0.29) is 6.10 Å². The zero-order valence-corrected chi connectivity index (χ0v) is 15.2. The van der Waals surface area contributed by atoms with Crippen molar-refractivity contribution in [1.29, 1.82) is 0 Å². The van der Waals surface area contributed by atoms with Gasteiger partial charge >= 0.3 is 0 Å². The fourth-order valence-corrected chi connectivity index (χ4v) is 3.02. The van der Waals surface area contributed by atoms with Gasteiger partial charge in [-0.2, -0.15) is 0 Å². The molecular formula is C20H24ClNO3. The first kappa shape index (κ1) is 17.9. The number of aryl methyl sites for hydroxylation is 1. The van der Waals surface area contributed by atoms with Crippen LogP contribution in [-0.4, -0.2) is 32.5 Å². The molecule has 0 bridgehead atoms. The van der Waals surface area contributed by atoms with Crippen LogP contribution < -0.4 is 14.8 Å². The van der Waals surface area contributed by atoms with E-state index in [1.165, 1.54) is 0 Å². The van der Waals surface area contributed by atoms with Crippen LogP contribution >= 0.6 is 11.6 Å². The summed E-state index contributed by atoms with van der Waals surface area (Å²) in [4.78, 5) is 0. The third-order valence-corrected chi connectivity index (χ3v) is 4.35. The van der Waals surface area contributed by atoms with Crippen molar-refractivity contribution in [3.63, 3.8) is 0 Å². The van der Waals surface area contributed by atoms with E-state index in [9.17, 15) is 0 Å². The Morgan fingerprint density at radius 1 is 1.20 bits per heavy atom. The summed E-state index contributed by atoms with van der Waals surface area (Å²) in [7, 11) is 0. The van der Waals surface area contributed by atoms with E-state index in [4.69, 9.17) is 25.8 Å². The van der Waals surface area contributed by atoms with Crippen molar-refractivity contribution in [2.45, 2.75) is 25.9 Å². The third kappa shape index (κ3) is 5.55. The van der Waals surface area contributed by atoms with Gasteiger partial charge in [-0.1, -0.05) is 17.7 Å². The van der Waals surface area contributed by atoms with E-state index in [0.29, 0.717) is 19.8 Å². The molecule has 1 fully saturated rings. The molecule has 4 nitrogen and oxygen atoms in total. The van der Waals surface area contributed by atoms with Crippen LogP contribution in [0.25, 0.3) is 0 Å². The molecule has 0 aliphatic carbocycles. The van der Waals surface area contributed by atoms with Gasteiger partial charge in [-0.15, -0.1) is 0 Å². The Morgan fingerprint density at radius 2 is 2.12 bits per heavy atom. The molecule has 1 saturated heterocycles. The van der Waals surface area contributed by atoms with Crippen LogP contribution in [0.4, 0.5) is 5.69 Å². The van der Waals surface area contributed by atoms with Crippen LogP contribution in [0.5, 0.6) is 11.5 Å². The Labute approximate surface area is 154 Å². The molecule has 3 rings (SSSR count). The van der Waals surface area contributed by atoms with Crippen molar-refractivity contribution >= 4 is 17.3 Å². The fraction of sp³-hybridized carbons (Fsp3) is 0.400. The Balaban J connectivity index is 1.42. The van der Waals surface area contributed by atoms with Crippen LogP contribution in [0.1, 0.15) is 18.4 Å². The first-order chi connectivity index (χ1) is 12.2. The van der Waals surface area contributed by atoms with Crippen molar-refractivity contribution in [3.8, 4) is 11.5 Å². The molecule has 1 aliphatic heterocycles. The van der Waals surface area contributed by atoms with Crippen LogP contribution in [0.15, 0.2) is 42.5 Å². The maximum Gasteiger partial charge on any atom is 0.122 e. The highest BCUT2D eigenvalue weighted by molar-refractivity contribution is 6.30. The number of rotatable bonds is 8. The Bertz CT molecular complexity index is 686. The second kappa shape index (κ2) is 8.97. The van der Waals surface area contributed by atoms with Gasteiger partial charge in [-0.3, -0.25) is 0 Å². The number of halogens is 1. The average Bonchev–Trinajstić information content (AvgIpc) is 3.12. The molecule has 2 aromatic carbocycles. The van der Waals surface area contributed by atoms with Gasteiger partial charge in [-0.05, 0) is 55.7 Å². The fourth-order valence-electron chi connectivity index (χ4n) is 2.79. The minimum atomic E-state index is 0.229. The lowest BCUT2D eigenvalue weighted by Gasteiger charge is -2.13. The molecule has 0 spiro atoms. The summed E-state index contributed by atoms with van der Waals surface area (Å²) in [5, 5.41) is 4.08. The van der Waals surface area contributed by atoms with Gasteiger partial charge in [-0.25, -0.2) is 0 Å². The van der Waals surface area contributed by atoms with E-state index in [0.717, 1.165) is 47.2 Å². The Hall–Kier alpha value is -1.91. The summed E-state index contributed by atoms with van der Waals surface area (Å²) in [5.74, 6) is 1.72. The lowest BCUT2D eigenvalue weighted by atomic mass is 10.2. The van der Waals surface area contributed by atoms with Crippen molar-refractivity contribution in [3.05, 3.63) is 53.1 Å². The minimum Gasteiger partial charge on any atom is -0.491 e. The smallest absolute Gasteiger partial charge is 0.122 e. The molecule has 1 heterocycles. The second-order valence-electron chi connectivity index (χ2n) is 6.16. The number of anilines is 1. The third-order valence-electron chi connectivity index (χ3n) is 4.12. The standard InChI is InChI=1S/C20H24ClNO3/c1-15-12-16(21)7-8-20(15)24-11-9-22-17-4-2-5-18(13-17)25-14-19-6-3-10-23-19/h2,4-5,7-8,12-13,19,22H,3,6,9-11,14H2,1H3. The summed E-state index contributed by atoms with van der Waals surface area (Å²) < 4.78 is 17.2. The number of nitrogens with one attached hydrogen (secondary N) is 1. The number of ether oxygens (including phenoxy) is 3. The molecule has 1 atom stereocenters. The van der Waals surface area contributed by atoms with Gasteiger partial charge in [0.25, 0.3) is 0 Å². The molecule has 1 N–H and O–H groups in total. The van der Waals surface area contributed by atoms with Gasteiger partial charge in [0.05, 0.1) is 6.10 Å². The second-order valence-corrected chi connectivity index (χ2v) is 6.60. The Morgan fingerprint density at radius 3 is 2.92 bits per heavy atom. The van der Waals surface area contributed by atoms with E-state index < -0.39 is 0 Å². The molecule has 1 aliphatic rings. The van der Waals surface area contributed by atoms with Crippen LogP contribution in [-0.2, 0) is 4.74 Å². The van der Waals surface area contributed by atoms with Gasteiger partial charge in [0.2, 0.25) is 0 Å². The monoisotopic (exact) mass is 361 g/mol. The predicted octanol–water partition coefficient (Wildman–Crippen LogP) is 4.70. The van der Waals surface area contributed by atoms with E-state index in [1.807, 2.05) is 49.4 Å². The van der Waals surface area contributed by atoms with Crippen molar-refractivity contribution in [2.75, 3.05) is 31.7 Å². The molecule has 134 valence electrons. The van der Waals surface area contributed by atoms with Crippen molar-refractivity contribution in [2.24, 2.45) is 0 Å². The summed E-state index contributed by atoms with van der Waals surface area (Å²) in [6.07, 6.45) is 2.44. The highest BCUT2D eigenvalue weighted by Gasteiger charge is 2.15. The lowest BCUT2D eigenvalue weighted by molar-refractivity contribution is 0.0680. The molecule has 0 radical (unpaired) electrons. The molecule has 2 aromatic rings. The molecular weight excluding hydrogens is 338 g/mol. The normalized spacial score (nSPS) is 16.6. The molecule has 0 amide bonds. The highest BCUT2D eigenvalue weighted by atomic mass is 35.5. The predicted molar refractivity (Wildman–Crippen MR) is 101 cm³/mol. The summed E-state index contributed by atoms with van der Waals surface area (Å²) in [6.45, 7) is 4.73. The van der Waals surface area contributed by atoms with Gasteiger partial charge in [0, 0.05) is 29.9 Å². The van der Waals surface area contributed by atoms with Crippen LogP contribution in [0.3, 0.4) is 0 Å². The first-order valence-electron chi connectivity index (χ1n) is 8.68. The van der Waals surface area contributed by atoms with E-state index in [2.05, 4.69) is 5.32 Å². The van der Waals surface area contributed by atoms with Gasteiger partial charge in [0.15, 0.2) is 0 Å². The maximum atomic E-state index is 5.95. The van der Waals surface area contributed by atoms with Crippen LogP contribution in [0.2, 0.25) is 5.02 Å². The van der Waals surface area contributed by atoms with Gasteiger partial charge in [0.1, 0.15) is 24.7 Å². The van der Waals surface area contributed by atoms with Crippen molar-refractivity contribution < 1.29 is 14.2 Å². The first-order valence-corrected chi connectivity index (χ1v) is 9.06. The van der Waals surface area contributed by atoms with Crippen LogP contribution in [0, 0.1) is 6.92 Å². The maximum absolute atomic E-state index is 5.95. The van der Waals surface area contributed by atoms with E-state index in [1.54, 1.807) is 0 Å². The number of hydrogen-bond acceptors (Lipinski definition) is 4. The highest BCUT2D eigenvalue weighted by Crippen LogP contribution is 2.22. The molecule has 25 heavy (non-hydrogen) atoms. The molecule has 1 unspecified atom stereocenters. The molecule has 0 aromatic heterocycles. The average molecular weight is 362 g/mol. The lowest BCUT2D eigenvalue weighted by Crippen LogP contribution is -2.16.